The van der Waals surface area contributed by atoms with Crippen molar-refractivity contribution < 1.29 is 26.9 Å². The minimum atomic E-state index is -4.63. The van der Waals surface area contributed by atoms with E-state index in [2.05, 4.69) is 15.6 Å². The Kier molecular flexibility index (Phi) is 5.28. The Bertz CT molecular complexity index is 1220. The van der Waals surface area contributed by atoms with Gasteiger partial charge in [-0.1, -0.05) is 35.5 Å². The Morgan fingerprint density at radius 1 is 1.10 bits per heavy atom. The molecule has 158 valence electrons. The Morgan fingerprint density at radius 2 is 1.87 bits per heavy atom. The van der Waals surface area contributed by atoms with Crippen LogP contribution in [0.5, 0.6) is 0 Å². The van der Waals surface area contributed by atoms with E-state index in [0.29, 0.717) is 11.8 Å². The summed E-state index contributed by atoms with van der Waals surface area (Å²) in [5.41, 5.74) is -0.226. The van der Waals surface area contributed by atoms with Crippen molar-refractivity contribution in [3.8, 4) is 11.3 Å². The van der Waals surface area contributed by atoms with E-state index in [9.17, 15) is 22.4 Å². The molecule has 0 aliphatic heterocycles. The second kappa shape index (κ2) is 8.05. The van der Waals surface area contributed by atoms with Crippen molar-refractivity contribution in [3.05, 3.63) is 89.6 Å². The first kappa shape index (κ1) is 20.3. The van der Waals surface area contributed by atoms with Gasteiger partial charge in [0.05, 0.1) is 24.0 Å². The summed E-state index contributed by atoms with van der Waals surface area (Å²) < 4.78 is 59.2. The monoisotopic (exact) mass is 430 g/mol. The number of alkyl halides is 3. The minimum absolute atomic E-state index is 0.0242. The van der Waals surface area contributed by atoms with Crippen LogP contribution in [0.4, 0.5) is 23.2 Å². The van der Waals surface area contributed by atoms with Crippen molar-refractivity contribution in [1.29, 1.82) is 0 Å². The van der Waals surface area contributed by atoms with E-state index < -0.39 is 23.5 Å². The number of rotatable bonds is 5. The number of amides is 1. The molecule has 0 saturated carbocycles. The number of benzene rings is 2. The van der Waals surface area contributed by atoms with E-state index >= 15 is 0 Å². The third-order valence-electron chi connectivity index (χ3n) is 4.40. The molecule has 2 heterocycles. The van der Waals surface area contributed by atoms with Gasteiger partial charge in [0.25, 0.3) is 5.91 Å². The van der Waals surface area contributed by atoms with Crippen molar-refractivity contribution in [3.63, 3.8) is 0 Å². The molecule has 10 heteroatoms. The Hall–Kier alpha value is -3.95. The molecule has 0 bridgehead atoms. The fraction of sp³-hybridized carbons (Fsp3) is 0.0952. The zero-order chi connectivity index (χ0) is 22.0. The van der Waals surface area contributed by atoms with E-state index in [1.165, 1.54) is 18.5 Å². The first-order valence-corrected chi connectivity index (χ1v) is 9.01. The van der Waals surface area contributed by atoms with Gasteiger partial charge in [0, 0.05) is 17.8 Å². The molecule has 0 atom stereocenters. The Balaban J connectivity index is 1.47. The lowest BCUT2D eigenvalue weighted by Gasteiger charge is -2.12. The van der Waals surface area contributed by atoms with Gasteiger partial charge in [-0.25, -0.2) is 4.39 Å². The van der Waals surface area contributed by atoms with Crippen LogP contribution in [0.3, 0.4) is 0 Å². The van der Waals surface area contributed by atoms with Gasteiger partial charge >= 0.3 is 6.18 Å². The number of nitrogens with one attached hydrogen (secondary N) is 1. The molecule has 0 saturated heterocycles. The van der Waals surface area contributed by atoms with Crippen molar-refractivity contribution >= 4 is 11.6 Å². The second-order valence-electron chi connectivity index (χ2n) is 6.62. The zero-order valence-corrected chi connectivity index (χ0v) is 15.7. The molecule has 0 radical (unpaired) electrons. The summed E-state index contributed by atoms with van der Waals surface area (Å²) in [6, 6.07) is 12.8. The smallest absolute Gasteiger partial charge is 0.355 e. The van der Waals surface area contributed by atoms with Crippen LogP contribution in [0.25, 0.3) is 11.3 Å². The van der Waals surface area contributed by atoms with Crippen LogP contribution < -0.4 is 5.32 Å². The highest BCUT2D eigenvalue weighted by Crippen LogP contribution is 2.32. The maximum atomic E-state index is 13.5. The molecular formula is C21H14F4N4O2. The Morgan fingerprint density at radius 3 is 2.61 bits per heavy atom. The van der Waals surface area contributed by atoms with Gasteiger partial charge in [-0.2, -0.15) is 18.3 Å². The second-order valence-corrected chi connectivity index (χ2v) is 6.62. The topological polar surface area (TPSA) is 73.0 Å². The molecule has 0 spiro atoms. The predicted octanol–water partition coefficient (Wildman–Crippen LogP) is 5.00. The van der Waals surface area contributed by atoms with E-state index in [1.807, 2.05) is 18.2 Å². The molecule has 0 unspecified atom stereocenters. The fourth-order valence-electron chi connectivity index (χ4n) is 2.97. The largest absolute Gasteiger partial charge is 0.416 e. The normalized spacial score (nSPS) is 11.5. The summed E-state index contributed by atoms with van der Waals surface area (Å²) >= 11 is 0. The van der Waals surface area contributed by atoms with Crippen LogP contribution in [-0.4, -0.2) is 20.8 Å². The van der Waals surface area contributed by atoms with Crippen LogP contribution in [-0.2, 0) is 12.7 Å². The molecule has 31 heavy (non-hydrogen) atoms. The van der Waals surface area contributed by atoms with Gasteiger partial charge in [0.15, 0.2) is 11.5 Å². The molecular weight excluding hydrogens is 416 g/mol. The first-order chi connectivity index (χ1) is 14.8. The summed E-state index contributed by atoms with van der Waals surface area (Å²) in [6.45, 7) is -0.329. The van der Waals surface area contributed by atoms with Gasteiger partial charge in [-0.3, -0.25) is 9.48 Å². The van der Waals surface area contributed by atoms with E-state index in [-0.39, 0.29) is 23.5 Å². The highest BCUT2D eigenvalue weighted by Gasteiger charge is 2.33. The number of hydrogen-bond donors (Lipinski definition) is 1. The van der Waals surface area contributed by atoms with E-state index in [1.54, 1.807) is 12.1 Å². The van der Waals surface area contributed by atoms with Crippen molar-refractivity contribution in [2.24, 2.45) is 0 Å². The maximum absolute atomic E-state index is 13.5. The lowest BCUT2D eigenvalue weighted by molar-refractivity contribution is -0.138. The lowest BCUT2D eigenvalue weighted by atomic mass is 10.1. The predicted molar refractivity (Wildman–Crippen MR) is 103 cm³/mol. The summed E-state index contributed by atoms with van der Waals surface area (Å²) in [6.07, 6.45) is -2.03. The standard InChI is InChI=1S/C21H14F4N4O2/c22-15-6-7-17(21(23,24)25)14(8-15)11-29-12-16(10-26-29)27-20(30)18-9-19(31-28-18)13-4-2-1-3-5-13/h1-10,12H,11H2,(H,27,30). The number of halogens is 4. The van der Waals surface area contributed by atoms with E-state index in [0.717, 1.165) is 22.4 Å². The number of anilines is 1. The Labute approximate surface area is 173 Å². The summed E-state index contributed by atoms with van der Waals surface area (Å²) in [4.78, 5) is 12.4. The molecule has 4 rings (SSSR count). The number of aromatic nitrogens is 3. The first-order valence-electron chi connectivity index (χ1n) is 9.01. The minimum Gasteiger partial charge on any atom is -0.355 e. The van der Waals surface area contributed by atoms with Crippen molar-refractivity contribution in [1.82, 2.24) is 14.9 Å². The lowest BCUT2D eigenvalue weighted by Crippen LogP contribution is -2.13. The highest BCUT2D eigenvalue weighted by atomic mass is 19.4. The van der Waals surface area contributed by atoms with Gasteiger partial charge in [0.2, 0.25) is 0 Å². The molecule has 6 nitrogen and oxygen atoms in total. The average Bonchev–Trinajstić information content (AvgIpc) is 3.38. The van der Waals surface area contributed by atoms with Gasteiger partial charge in [-0.05, 0) is 23.8 Å². The molecule has 0 fully saturated rings. The van der Waals surface area contributed by atoms with E-state index in [4.69, 9.17) is 4.52 Å². The zero-order valence-electron chi connectivity index (χ0n) is 15.7. The molecule has 0 aliphatic rings. The van der Waals surface area contributed by atoms with Crippen LogP contribution in [0.2, 0.25) is 0 Å². The highest BCUT2D eigenvalue weighted by molar-refractivity contribution is 6.03. The van der Waals surface area contributed by atoms with Crippen LogP contribution >= 0.6 is 0 Å². The molecule has 1 amide bonds. The summed E-state index contributed by atoms with van der Waals surface area (Å²) in [5.74, 6) is -0.955. The fourth-order valence-corrected chi connectivity index (χ4v) is 2.97. The summed E-state index contributed by atoms with van der Waals surface area (Å²) in [7, 11) is 0. The number of carbonyl (C=O) groups is 1. The molecule has 4 aromatic rings. The molecule has 2 aromatic carbocycles. The average molecular weight is 430 g/mol. The number of nitrogens with zero attached hydrogens (tertiary/aromatic N) is 3. The third-order valence-corrected chi connectivity index (χ3v) is 4.40. The van der Waals surface area contributed by atoms with Gasteiger partial charge < -0.3 is 9.84 Å². The molecule has 2 aromatic heterocycles. The van der Waals surface area contributed by atoms with Crippen LogP contribution in [0, 0.1) is 5.82 Å². The third kappa shape index (κ3) is 4.63. The van der Waals surface area contributed by atoms with Crippen LogP contribution in [0.15, 0.2) is 71.5 Å². The molecule has 1 N–H and O–H groups in total. The SMILES string of the molecule is O=C(Nc1cnn(Cc2cc(F)ccc2C(F)(F)F)c1)c1cc(-c2ccccc2)on1. The van der Waals surface area contributed by atoms with Crippen molar-refractivity contribution in [2.75, 3.05) is 5.32 Å². The molecule has 0 aliphatic carbocycles. The maximum Gasteiger partial charge on any atom is 0.416 e. The van der Waals surface area contributed by atoms with Gasteiger partial charge in [0.1, 0.15) is 5.82 Å². The number of hydrogen-bond acceptors (Lipinski definition) is 4. The summed E-state index contributed by atoms with van der Waals surface area (Å²) in [5, 5.41) is 10.2. The quantitative estimate of drug-likeness (QED) is 0.453. The van der Waals surface area contributed by atoms with Gasteiger partial charge in [-0.15, -0.1) is 0 Å². The van der Waals surface area contributed by atoms with Crippen LogP contribution in [0.1, 0.15) is 21.6 Å². The van der Waals surface area contributed by atoms with Crippen molar-refractivity contribution in [2.45, 2.75) is 12.7 Å². The number of carbonyl (C=O) groups excluding carboxylic acids is 1.